The van der Waals surface area contributed by atoms with Gasteiger partial charge in [0.25, 0.3) is 0 Å². The van der Waals surface area contributed by atoms with Gasteiger partial charge in [-0.05, 0) is 75.4 Å². The first-order valence-electron chi connectivity index (χ1n) is 12.1. The van der Waals surface area contributed by atoms with E-state index in [2.05, 4.69) is 31.2 Å². The van der Waals surface area contributed by atoms with Gasteiger partial charge in [0.05, 0.1) is 12.7 Å². The number of nitrogens with zero attached hydrogens (tertiary/aromatic N) is 5. The van der Waals surface area contributed by atoms with Crippen LogP contribution in [0.25, 0.3) is 0 Å². The molecule has 0 spiro atoms. The van der Waals surface area contributed by atoms with E-state index in [-0.39, 0.29) is 22.6 Å². The lowest BCUT2D eigenvalue weighted by Crippen LogP contribution is -2.47. The number of rotatable bonds is 7. The zero-order valence-corrected chi connectivity index (χ0v) is 22.1. The highest BCUT2D eigenvalue weighted by Crippen LogP contribution is 2.37. The Morgan fingerprint density at radius 3 is 2.56 bits per heavy atom. The maximum atomic E-state index is 12.5. The van der Waals surface area contributed by atoms with Crippen molar-refractivity contribution in [3.63, 3.8) is 0 Å². The first kappa shape index (κ1) is 26.2. The lowest BCUT2D eigenvalue weighted by Gasteiger charge is -2.36. The minimum atomic E-state index is 0.193. The van der Waals surface area contributed by atoms with Crippen molar-refractivity contribution in [3.05, 3.63) is 51.3 Å². The van der Waals surface area contributed by atoms with E-state index < -0.39 is 0 Å². The molecule has 3 heterocycles. The van der Waals surface area contributed by atoms with Crippen molar-refractivity contribution in [2.45, 2.75) is 39.0 Å². The summed E-state index contributed by atoms with van der Waals surface area (Å²) in [5.41, 5.74) is 15.0. The van der Waals surface area contributed by atoms with Crippen LogP contribution >= 0.6 is 23.2 Å². The zero-order valence-electron chi connectivity index (χ0n) is 20.6. The number of amidine groups is 1. The number of hydrogen-bond acceptors (Lipinski definition) is 7. The molecule has 1 aromatic heterocycles. The molecule has 0 bridgehead atoms. The molecule has 36 heavy (non-hydrogen) atoms. The van der Waals surface area contributed by atoms with E-state index in [0.717, 1.165) is 55.8 Å². The van der Waals surface area contributed by atoms with E-state index in [9.17, 15) is 4.79 Å². The van der Waals surface area contributed by atoms with Gasteiger partial charge in [0.15, 0.2) is 5.82 Å². The van der Waals surface area contributed by atoms with E-state index in [1.54, 1.807) is 6.92 Å². The number of benzene rings is 1. The minimum absolute atomic E-state index is 0.193. The Bertz CT molecular complexity index is 1180. The predicted octanol–water partition coefficient (Wildman–Crippen LogP) is 4.10. The molecule has 2 aromatic rings. The van der Waals surface area contributed by atoms with E-state index >= 15 is 0 Å². The summed E-state index contributed by atoms with van der Waals surface area (Å²) >= 11 is 12.9. The fourth-order valence-electron chi connectivity index (χ4n) is 4.43. The number of piperidine rings is 1. The molecule has 4 rings (SSSR count). The Morgan fingerprint density at radius 2 is 1.92 bits per heavy atom. The van der Waals surface area contributed by atoms with Crippen LogP contribution < -0.4 is 16.8 Å². The number of carbonyl (C=O) groups is 1. The topological polar surface area (TPSA) is 126 Å². The minimum Gasteiger partial charge on any atom is -0.402 e. The van der Waals surface area contributed by atoms with Crippen LogP contribution in [-0.4, -0.2) is 64.2 Å². The van der Waals surface area contributed by atoms with Crippen molar-refractivity contribution in [1.29, 1.82) is 0 Å². The average Bonchev–Trinajstić information content (AvgIpc) is 2.80. The summed E-state index contributed by atoms with van der Waals surface area (Å²) in [6, 6.07) is 4.00. The Labute approximate surface area is 221 Å². The van der Waals surface area contributed by atoms with Gasteiger partial charge in [-0.25, -0.2) is 9.98 Å². The Kier molecular flexibility index (Phi) is 8.33. The molecule has 2 fully saturated rings. The number of hydrogen-bond donors (Lipinski definition) is 3. The first-order valence-corrected chi connectivity index (χ1v) is 12.8. The van der Waals surface area contributed by atoms with Crippen LogP contribution in [-0.2, 0) is 4.79 Å². The van der Waals surface area contributed by atoms with E-state index in [1.165, 1.54) is 18.7 Å². The SMILES string of the molecule is C/C(N)=C/C(N)=Nc1nc(Nc2cc(Cl)c(C3CCN(C(=O)CN4CCC4)CC3)cc2C)ncc1Cl. The van der Waals surface area contributed by atoms with Crippen molar-refractivity contribution in [3.8, 4) is 0 Å². The highest BCUT2D eigenvalue weighted by molar-refractivity contribution is 6.32. The Balaban J connectivity index is 1.43. The molecule has 2 aliphatic rings. The molecule has 2 saturated heterocycles. The number of carbonyl (C=O) groups excluding carboxylic acids is 1. The number of aliphatic imine (C=N–C) groups is 1. The van der Waals surface area contributed by atoms with Gasteiger partial charge in [-0.1, -0.05) is 29.3 Å². The van der Waals surface area contributed by atoms with Gasteiger partial charge in [0, 0.05) is 29.5 Å². The predicted molar refractivity (Wildman–Crippen MR) is 145 cm³/mol. The highest BCUT2D eigenvalue weighted by Gasteiger charge is 2.27. The second kappa shape index (κ2) is 11.5. The van der Waals surface area contributed by atoms with Crippen LogP contribution in [0.5, 0.6) is 0 Å². The number of halogens is 2. The molecule has 0 saturated carbocycles. The Morgan fingerprint density at radius 1 is 1.19 bits per heavy atom. The van der Waals surface area contributed by atoms with E-state index in [4.69, 9.17) is 34.7 Å². The van der Waals surface area contributed by atoms with Crippen molar-refractivity contribution < 1.29 is 4.79 Å². The Hall–Kier alpha value is -2.88. The lowest BCUT2D eigenvalue weighted by atomic mass is 9.88. The smallest absolute Gasteiger partial charge is 0.236 e. The van der Waals surface area contributed by atoms with Crippen LogP contribution in [0, 0.1) is 6.92 Å². The summed E-state index contributed by atoms with van der Waals surface area (Å²) in [6.07, 6.45) is 5.98. The molecule has 0 aliphatic carbocycles. The standard InChI is InChI=1S/C25H32Cl2N8O/c1-15-10-18(17-4-8-35(9-5-17)23(36)14-34-6-3-7-34)19(26)12-21(15)31-25-30-13-20(27)24(33-25)32-22(29)11-16(2)28/h10-13,17H,3-9,14,28H2,1-2H3,(H3,29,30,31,32,33)/b16-11-. The van der Waals surface area contributed by atoms with Crippen LogP contribution in [0.4, 0.5) is 17.5 Å². The van der Waals surface area contributed by atoms with Crippen molar-refractivity contribution >= 4 is 52.4 Å². The van der Waals surface area contributed by atoms with Gasteiger partial charge >= 0.3 is 0 Å². The molecule has 1 amide bonds. The fraction of sp³-hybridized carbons (Fsp3) is 0.440. The third-order valence-electron chi connectivity index (χ3n) is 6.52. The van der Waals surface area contributed by atoms with Gasteiger partial charge in [-0.2, -0.15) is 4.98 Å². The van der Waals surface area contributed by atoms with Gasteiger partial charge < -0.3 is 21.7 Å². The second-order valence-electron chi connectivity index (χ2n) is 9.39. The summed E-state index contributed by atoms with van der Waals surface area (Å²) in [6.45, 7) is 7.85. The molecular formula is C25H32Cl2N8O. The van der Waals surface area contributed by atoms with Gasteiger partial charge in [-0.15, -0.1) is 0 Å². The molecule has 0 atom stereocenters. The third kappa shape index (κ3) is 6.46. The van der Waals surface area contributed by atoms with Crippen LogP contribution in [0.15, 0.2) is 35.1 Å². The van der Waals surface area contributed by atoms with Gasteiger partial charge in [0.1, 0.15) is 10.9 Å². The fourth-order valence-corrected chi connectivity index (χ4v) is 4.88. The number of nitrogens with two attached hydrogens (primary N) is 2. The first-order chi connectivity index (χ1) is 17.2. The largest absolute Gasteiger partial charge is 0.402 e. The number of anilines is 2. The second-order valence-corrected chi connectivity index (χ2v) is 10.2. The highest BCUT2D eigenvalue weighted by atomic mass is 35.5. The molecule has 1 aromatic carbocycles. The quantitative estimate of drug-likeness (QED) is 0.363. The summed E-state index contributed by atoms with van der Waals surface area (Å²) in [4.78, 5) is 29.6. The summed E-state index contributed by atoms with van der Waals surface area (Å²) < 4.78 is 0. The van der Waals surface area contributed by atoms with Crippen LogP contribution in [0.1, 0.15) is 43.2 Å². The number of likely N-dealkylation sites (tertiary alicyclic amines) is 2. The molecule has 9 nitrogen and oxygen atoms in total. The summed E-state index contributed by atoms with van der Waals surface area (Å²) in [5, 5.41) is 4.15. The molecule has 2 aliphatic heterocycles. The van der Waals surface area contributed by atoms with Crippen LogP contribution in [0.2, 0.25) is 10.0 Å². The molecule has 0 radical (unpaired) electrons. The average molecular weight is 531 g/mol. The number of allylic oxidation sites excluding steroid dienone is 1. The molecule has 192 valence electrons. The zero-order chi connectivity index (χ0) is 25.8. The lowest BCUT2D eigenvalue weighted by molar-refractivity contribution is -0.134. The summed E-state index contributed by atoms with van der Waals surface area (Å²) in [5.74, 6) is 1.30. The normalized spacial score (nSPS) is 17.7. The van der Waals surface area contributed by atoms with E-state index in [1.807, 2.05) is 17.9 Å². The number of nitrogens with one attached hydrogen (secondary N) is 1. The maximum absolute atomic E-state index is 12.5. The maximum Gasteiger partial charge on any atom is 0.236 e. The van der Waals surface area contributed by atoms with Crippen molar-refractivity contribution in [1.82, 2.24) is 19.8 Å². The monoisotopic (exact) mass is 530 g/mol. The molecule has 0 unspecified atom stereocenters. The molecule has 5 N–H and O–H groups in total. The molecule has 11 heteroatoms. The number of aromatic nitrogens is 2. The van der Waals surface area contributed by atoms with Crippen LogP contribution in [0.3, 0.4) is 0 Å². The molecular weight excluding hydrogens is 499 g/mol. The van der Waals surface area contributed by atoms with E-state index in [0.29, 0.717) is 29.1 Å². The van der Waals surface area contributed by atoms with Gasteiger partial charge in [-0.3, -0.25) is 9.69 Å². The summed E-state index contributed by atoms with van der Waals surface area (Å²) in [7, 11) is 0. The van der Waals surface area contributed by atoms with Crippen molar-refractivity contribution in [2.24, 2.45) is 16.5 Å². The van der Waals surface area contributed by atoms with Gasteiger partial charge in [0.2, 0.25) is 11.9 Å². The third-order valence-corrected chi connectivity index (χ3v) is 7.12. The van der Waals surface area contributed by atoms with Crippen molar-refractivity contribution in [2.75, 3.05) is 38.0 Å². The number of aryl methyl sites for hydroxylation is 1. The number of amides is 1.